The molecule has 0 heterocycles. The summed E-state index contributed by atoms with van der Waals surface area (Å²) in [4.78, 5) is 36.4. The van der Waals surface area contributed by atoms with Gasteiger partial charge in [-0.25, -0.2) is 0 Å². The van der Waals surface area contributed by atoms with E-state index in [0.717, 1.165) is 5.56 Å². The van der Waals surface area contributed by atoms with E-state index >= 15 is 0 Å². The number of nitrogens with zero attached hydrogens (tertiary/aromatic N) is 1. The van der Waals surface area contributed by atoms with E-state index in [0.29, 0.717) is 25.1 Å². The van der Waals surface area contributed by atoms with Gasteiger partial charge < -0.3 is 19.7 Å². The van der Waals surface area contributed by atoms with Crippen LogP contribution in [0.1, 0.15) is 24.8 Å². The number of carbonyl (C=O) groups is 3. The largest absolute Gasteiger partial charge is 0.463 e. The van der Waals surface area contributed by atoms with Gasteiger partial charge >= 0.3 is 5.97 Å². The monoisotopic (exact) mass is 350 g/mol. The second kappa shape index (κ2) is 11.2. The number of ether oxygens (including phenoxy) is 2. The van der Waals surface area contributed by atoms with Gasteiger partial charge in [0.05, 0.1) is 13.0 Å². The van der Waals surface area contributed by atoms with Gasteiger partial charge in [0.25, 0.3) is 0 Å². The highest BCUT2D eigenvalue weighted by molar-refractivity contribution is 5.92. The first kappa shape index (κ1) is 20.6. The molecule has 1 aromatic rings. The lowest BCUT2D eigenvalue weighted by Crippen LogP contribution is -2.21. The number of benzene rings is 1. The molecule has 0 aliphatic carbocycles. The number of rotatable bonds is 10. The van der Waals surface area contributed by atoms with Crippen LogP contribution < -0.4 is 5.32 Å². The summed E-state index contributed by atoms with van der Waals surface area (Å²) in [5.41, 5.74) is 1.68. The summed E-state index contributed by atoms with van der Waals surface area (Å²) in [5.74, 6) is -0.595. The highest BCUT2D eigenvalue weighted by Crippen LogP contribution is 2.12. The number of hydrogen-bond acceptors (Lipinski definition) is 5. The van der Waals surface area contributed by atoms with Crippen LogP contribution in [0.15, 0.2) is 24.3 Å². The molecular formula is C18H26N2O5. The lowest BCUT2D eigenvalue weighted by atomic mass is 10.1. The smallest absolute Gasteiger partial charge is 0.306 e. The van der Waals surface area contributed by atoms with E-state index in [4.69, 9.17) is 9.47 Å². The Hall–Kier alpha value is -2.41. The Kier molecular flexibility index (Phi) is 9.24. The van der Waals surface area contributed by atoms with Gasteiger partial charge in [-0.05, 0) is 24.1 Å². The molecule has 1 N–H and O–H groups in total. The topological polar surface area (TPSA) is 84.9 Å². The Bertz CT molecular complexity index is 569. The molecule has 7 nitrogen and oxygen atoms in total. The molecule has 0 spiro atoms. The number of aryl methyl sites for hydroxylation is 1. The van der Waals surface area contributed by atoms with E-state index in [1.165, 1.54) is 7.11 Å². The maximum absolute atomic E-state index is 11.8. The molecule has 0 saturated heterocycles. The Balaban J connectivity index is 2.33. The zero-order valence-electron chi connectivity index (χ0n) is 15.0. The number of hydrogen-bond donors (Lipinski definition) is 1. The summed E-state index contributed by atoms with van der Waals surface area (Å²) in [6, 6.07) is 7.31. The van der Waals surface area contributed by atoms with Gasteiger partial charge in [-0.3, -0.25) is 14.4 Å². The van der Waals surface area contributed by atoms with Crippen molar-refractivity contribution >= 4 is 23.5 Å². The van der Waals surface area contributed by atoms with Crippen LogP contribution in [0.2, 0.25) is 0 Å². The molecule has 138 valence electrons. The van der Waals surface area contributed by atoms with Crippen molar-refractivity contribution in [2.24, 2.45) is 0 Å². The molecule has 0 bridgehead atoms. The fourth-order valence-electron chi connectivity index (χ4n) is 1.98. The standard InChI is InChI=1S/C18H26N2O5/c1-20(2)17(22)10-6-14-4-7-15(8-5-14)19-16(21)9-11-18(23)25-13-12-24-3/h4-5,7-8H,6,9-13H2,1-3H3,(H,19,21). The van der Waals surface area contributed by atoms with E-state index < -0.39 is 5.97 Å². The van der Waals surface area contributed by atoms with Crippen LogP contribution in [0.3, 0.4) is 0 Å². The molecular weight excluding hydrogens is 324 g/mol. The van der Waals surface area contributed by atoms with Crippen LogP contribution in [0.25, 0.3) is 0 Å². The molecule has 0 unspecified atom stereocenters. The number of amides is 2. The second-order valence-electron chi connectivity index (χ2n) is 5.75. The van der Waals surface area contributed by atoms with E-state index in [1.807, 2.05) is 12.1 Å². The van der Waals surface area contributed by atoms with Crippen molar-refractivity contribution in [2.45, 2.75) is 25.7 Å². The second-order valence-corrected chi connectivity index (χ2v) is 5.75. The van der Waals surface area contributed by atoms with Gasteiger partial charge in [-0.15, -0.1) is 0 Å². The molecule has 0 saturated carbocycles. The third-order valence-corrected chi connectivity index (χ3v) is 3.47. The minimum atomic E-state index is -0.423. The molecule has 25 heavy (non-hydrogen) atoms. The molecule has 0 atom stereocenters. The molecule has 0 aromatic heterocycles. The van der Waals surface area contributed by atoms with E-state index in [-0.39, 0.29) is 31.3 Å². The molecule has 0 aliphatic rings. The first-order chi connectivity index (χ1) is 11.9. The predicted octanol–water partition coefficient (Wildman–Crippen LogP) is 1.62. The lowest BCUT2D eigenvalue weighted by Gasteiger charge is -2.10. The van der Waals surface area contributed by atoms with Gasteiger partial charge in [-0.1, -0.05) is 12.1 Å². The maximum Gasteiger partial charge on any atom is 0.306 e. The first-order valence-electron chi connectivity index (χ1n) is 8.16. The fourth-order valence-corrected chi connectivity index (χ4v) is 1.98. The average molecular weight is 350 g/mol. The summed E-state index contributed by atoms with van der Waals surface area (Å²) in [6.45, 7) is 0.527. The highest BCUT2D eigenvalue weighted by Gasteiger charge is 2.09. The van der Waals surface area contributed by atoms with Crippen LogP contribution in [0.5, 0.6) is 0 Å². The predicted molar refractivity (Wildman–Crippen MR) is 94.2 cm³/mol. The van der Waals surface area contributed by atoms with Gasteiger partial charge in [0.2, 0.25) is 11.8 Å². The first-order valence-corrected chi connectivity index (χ1v) is 8.16. The van der Waals surface area contributed by atoms with Crippen molar-refractivity contribution < 1.29 is 23.9 Å². The Morgan fingerprint density at radius 1 is 1.00 bits per heavy atom. The Labute approximate surface area is 148 Å². The molecule has 7 heteroatoms. The summed E-state index contributed by atoms with van der Waals surface area (Å²) >= 11 is 0. The van der Waals surface area contributed by atoms with Gasteiger partial charge in [0, 0.05) is 39.7 Å². The number of anilines is 1. The van der Waals surface area contributed by atoms with Crippen LogP contribution in [0.4, 0.5) is 5.69 Å². The van der Waals surface area contributed by atoms with Crippen molar-refractivity contribution in [2.75, 3.05) is 39.7 Å². The summed E-state index contributed by atoms with van der Waals surface area (Å²) < 4.78 is 9.66. The van der Waals surface area contributed by atoms with Crippen molar-refractivity contribution in [3.8, 4) is 0 Å². The molecule has 0 radical (unpaired) electrons. The number of esters is 1. The van der Waals surface area contributed by atoms with E-state index in [2.05, 4.69) is 5.32 Å². The Morgan fingerprint density at radius 2 is 1.68 bits per heavy atom. The third kappa shape index (κ3) is 8.85. The number of methoxy groups -OCH3 is 1. The highest BCUT2D eigenvalue weighted by atomic mass is 16.6. The third-order valence-electron chi connectivity index (χ3n) is 3.47. The summed E-state index contributed by atoms with van der Waals surface area (Å²) in [5, 5.41) is 2.73. The molecule has 1 rings (SSSR count). The number of nitrogens with one attached hydrogen (secondary N) is 1. The number of carbonyl (C=O) groups excluding carboxylic acids is 3. The van der Waals surface area contributed by atoms with E-state index in [9.17, 15) is 14.4 Å². The Morgan fingerprint density at radius 3 is 2.28 bits per heavy atom. The van der Waals surface area contributed by atoms with Crippen molar-refractivity contribution in [3.05, 3.63) is 29.8 Å². The maximum atomic E-state index is 11.8. The van der Waals surface area contributed by atoms with Gasteiger partial charge in [-0.2, -0.15) is 0 Å². The van der Waals surface area contributed by atoms with Gasteiger partial charge in [0.15, 0.2) is 0 Å². The van der Waals surface area contributed by atoms with Crippen LogP contribution in [-0.4, -0.2) is 57.1 Å². The SMILES string of the molecule is COCCOC(=O)CCC(=O)Nc1ccc(CCC(=O)N(C)C)cc1. The summed E-state index contributed by atoms with van der Waals surface area (Å²) in [7, 11) is 4.98. The lowest BCUT2D eigenvalue weighted by molar-refractivity contribution is -0.145. The summed E-state index contributed by atoms with van der Waals surface area (Å²) in [6.07, 6.45) is 1.19. The van der Waals surface area contributed by atoms with Crippen molar-refractivity contribution in [1.29, 1.82) is 0 Å². The van der Waals surface area contributed by atoms with Gasteiger partial charge in [0.1, 0.15) is 6.61 Å². The average Bonchev–Trinajstić information content (AvgIpc) is 2.59. The fraction of sp³-hybridized carbons (Fsp3) is 0.500. The normalized spacial score (nSPS) is 10.2. The van der Waals surface area contributed by atoms with Crippen molar-refractivity contribution in [1.82, 2.24) is 4.90 Å². The molecule has 1 aromatic carbocycles. The van der Waals surface area contributed by atoms with Crippen LogP contribution >= 0.6 is 0 Å². The zero-order chi connectivity index (χ0) is 18.7. The van der Waals surface area contributed by atoms with Crippen LogP contribution in [-0.2, 0) is 30.3 Å². The molecule has 0 fully saturated rings. The van der Waals surface area contributed by atoms with E-state index in [1.54, 1.807) is 31.1 Å². The minimum absolute atomic E-state index is 0.0281. The minimum Gasteiger partial charge on any atom is -0.463 e. The van der Waals surface area contributed by atoms with Crippen molar-refractivity contribution in [3.63, 3.8) is 0 Å². The van der Waals surface area contributed by atoms with Crippen LogP contribution in [0, 0.1) is 0 Å². The quantitative estimate of drug-likeness (QED) is 0.512. The zero-order valence-corrected chi connectivity index (χ0v) is 15.0. The molecule has 2 amide bonds. The molecule has 0 aliphatic heterocycles.